The predicted molar refractivity (Wildman–Crippen MR) is 91.0 cm³/mol. The maximum absolute atomic E-state index is 13.1. The molecule has 1 atom stereocenters. The van der Waals surface area contributed by atoms with Gasteiger partial charge >= 0.3 is 0 Å². The SMILES string of the molecule is O=C1c2ccccc2N2C(=O)c3ccccc3[C@@H]2N1Cc1ccco1. The summed E-state index contributed by atoms with van der Waals surface area (Å²) < 4.78 is 5.44. The first kappa shape index (κ1) is 14.0. The molecule has 1 aromatic heterocycles. The number of anilines is 1. The summed E-state index contributed by atoms with van der Waals surface area (Å²) in [6.07, 6.45) is 1.14. The van der Waals surface area contributed by atoms with Gasteiger partial charge in [0, 0.05) is 11.1 Å². The topological polar surface area (TPSA) is 53.8 Å². The lowest BCUT2D eigenvalue weighted by Crippen LogP contribution is -2.47. The van der Waals surface area contributed by atoms with E-state index in [0.717, 1.165) is 5.56 Å². The Hall–Kier alpha value is -3.34. The van der Waals surface area contributed by atoms with E-state index in [1.165, 1.54) is 0 Å². The average molecular weight is 330 g/mol. The van der Waals surface area contributed by atoms with E-state index in [-0.39, 0.29) is 11.8 Å². The van der Waals surface area contributed by atoms with Crippen molar-refractivity contribution < 1.29 is 14.0 Å². The van der Waals surface area contributed by atoms with E-state index in [0.29, 0.717) is 29.1 Å². The number of fused-ring (bicyclic) bond motifs is 5. The molecule has 5 heteroatoms. The second-order valence-corrected chi connectivity index (χ2v) is 6.17. The normalized spacial score (nSPS) is 18.2. The fourth-order valence-electron chi connectivity index (χ4n) is 3.70. The number of carbonyl (C=O) groups excluding carboxylic acids is 2. The van der Waals surface area contributed by atoms with Crippen LogP contribution in [-0.2, 0) is 6.54 Å². The van der Waals surface area contributed by atoms with Crippen LogP contribution >= 0.6 is 0 Å². The number of para-hydroxylation sites is 1. The number of nitrogens with zero attached hydrogens (tertiary/aromatic N) is 2. The van der Waals surface area contributed by atoms with Crippen molar-refractivity contribution in [2.24, 2.45) is 0 Å². The molecule has 0 aliphatic carbocycles. The molecule has 0 unspecified atom stereocenters. The van der Waals surface area contributed by atoms with E-state index in [1.54, 1.807) is 28.2 Å². The standard InChI is InChI=1S/C20H14N2O3/c23-19-16-9-3-4-10-17(16)22-18(21(19)12-13-6-5-11-25-13)14-7-1-2-8-15(14)20(22)24/h1-11,18H,12H2/t18-/m1/s1. The molecule has 0 N–H and O–H groups in total. The third-order valence-electron chi connectivity index (χ3n) is 4.79. The third kappa shape index (κ3) is 1.89. The Morgan fingerprint density at radius 2 is 1.60 bits per heavy atom. The fraction of sp³-hybridized carbons (Fsp3) is 0.100. The van der Waals surface area contributed by atoms with Crippen LogP contribution in [0.3, 0.4) is 0 Å². The second kappa shape index (κ2) is 5.08. The molecule has 5 nitrogen and oxygen atoms in total. The minimum Gasteiger partial charge on any atom is -0.467 e. The minimum absolute atomic E-state index is 0.0787. The second-order valence-electron chi connectivity index (χ2n) is 6.17. The molecule has 122 valence electrons. The van der Waals surface area contributed by atoms with E-state index >= 15 is 0 Å². The zero-order valence-corrected chi connectivity index (χ0v) is 13.3. The van der Waals surface area contributed by atoms with Gasteiger partial charge in [0.25, 0.3) is 11.8 Å². The maximum atomic E-state index is 13.1. The molecule has 3 heterocycles. The van der Waals surface area contributed by atoms with Crippen LogP contribution in [0.5, 0.6) is 0 Å². The lowest BCUT2D eigenvalue weighted by atomic mass is 10.0. The number of rotatable bonds is 2. The Bertz CT molecular complexity index is 994. The number of carbonyl (C=O) groups is 2. The molecule has 2 aliphatic rings. The summed E-state index contributed by atoms with van der Waals surface area (Å²) in [5.74, 6) is 0.507. The Kier molecular flexibility index (Phi) is 2.85. The molecule has 25 heavy (non-hydrogen) atoms. The smallest absolute Gasteiger partial charge is 0.260 e. The Morgan fingerprint density at radius 1 is 0.840 bits per heavy atom. The molecule has 0 bridgehead atoms. The zero-order valence-electron chi connectivity index (χ0n) is 13.3. The quantitative estimate of drug-likeness (QED) is 0.721. The zero-order chi connectivity index (χ0) is 17.0. The highest BCUT2D eigenvalue weighted by Crippen LogP contribution is 2.45. The first-order chi connectivity index (χ1) is 12.3. The van der Waals surface area contributed by atoms with Crippen LogP contribution in [0.25, 0.3) is 0 Å². The summed E-state index contributed by atoms with van der Waals surface area (Å²) >= 11 is 0. The lowest BCUT2D eigenvalue weighted by molar-refractivity contribution is 0.0614. The van der Waals surface area contributed by atoms with Crippen molar-refractivity contribution in [1.82, 2.24) is 4.90 Å². The van der Waals surface area contributed by atoms with Crippen LogP contribution in [0.1, 0.15) is 38.2 Å². The molecule has 2 aliphatic heterocycles. The van der Waals surface area contributed by atoms with Gasteiger partial charge in [-0.15, -0.1) is 0 Å². The van der Waals surface area contributed by atoms with E-state index in [2.05, 4.69) is 0 Å². The van der Waals surface area contributed by atoms with Gasteiger partial charge in [0.15, 0.2) is 0 Å². The van der Waals surface area contributed by atoms with E-state index in [4.69, 9.17) is 4.42 Å². The molecule has 0 saturated carbocycles. The molecule has 3 aromatic rings. The van der Waals surface area contributed by atoms with Gasteiger partial charge in [0.1, 0.15) is 11.9 Å². The third-order valence-corrected chi connectivity index (χ3v) is 4.79. The monoisotopic (exact) mass is 330 g/mol. The van der Waals surface area contributed by atoms with Gasteiger partial charge in [-0.1, -0.05) is 30.3 Å². The van der Waals surface area contributed by atoms with Crippen molar-refractivity contribution in [1.29, 1.82) is 0 Å². The highest BCUT2D eigenvalue weighted by Gasteiger charge is 2.47. The number of furan rings is 1. The number of hydrogen-bond donors (Lipinski definition) is 0. The van der Waals surface area contributed by atoms with Crippen LogP contribution in [-0.4, -0.2) is 16.7 Å². The molecule has 2 amide bonds. The van der Waals surface area contributed by atoms with Gasteiger partial charge in [-0.2, -0.15) is 0 Å². The Balaban J connectivity index is 1.72. The molecular formula is C20H14N2O3. The molecular weight excluding hydrogens is 316 g/mol. The number of amides is 2. The summed E-state index contributed by atoms with van der Waals surface area (Å²) in [5.41, 5.74) is 2.68. The summed E-state index contributed by atoms with van der Waals surface area (Å²) in [4.78, 5) is 29.6. The highest BCUT2D eigenvalue weighted by atomic mass is 16.3. The minimum atomic E-state index is -0.448. The highest BCUT2D eigenvalue weighted by molar-refractivity contribution is 6.16. The molecule has 0 radical (unpaired) electrons. The largest absolute Gasteiger partial charge is 0.467 e. The van der Waals surface area contributed by atoms with Gasteiger partial charge < -0.3 is 9.32 Å². The average Bonchev–Trinajstić information content (AvgIpc) is 3.26. The van der Waals surface area contributed by atoms with Crippen molar-refractivity contribution in [2.75, 3.05) is 4.90 Å². The first-order valence-corrected chi connectivity index (χ1v) is 8.10. The van der Waals surface area contributed by atoms with E-state index in [1.807, 2.05) is 48.5 Å². The lowest BCUT2D eigenvalue weighted by Gasteiger charge is -2.40. The van der Waals surface area contributed by atoms with Crippen molar-refractivity contribution in [3.05, 3.63) is 89.4 Å². The maximum Gasteiger partial charge on any atom is 0.260 e. The molecule has 2 aromatic carbocycles. The Labute approximate surface area is 144 Å². The summed E-state index contributed by atoms with van der Waals surface area (Å²) in [5, 5.41) is 0. The van der Waals surface area contributed by atoms with Crippen molar-refractivity contribution >= 4 is 17.5 Å². The van der Waals surface area contributed by atoms with Crippen LogP contribution in [0.2, 0.25) is 0 Å². The van der Waals surface area contributed by atoms with Crippen LogP contribution in [0.4, 0.5) is 5.69 Å². The summed E-state index contributed by atoms with van der Waals surface area (Å²) in [6, 6.07) is 18.4. The fourth-order valence-corrected chi connectivity index (χ4v) is 3.70. The van der Waals surface area contributed by atoms with Crippen LogP contribution in [0.15, 0.2) is 71.3 Å². The van der Waals surface area contributed by atoms with Crippen molar-refractivity contribution in [3.8, 4) is 0 Å². The number of hydrogen-bond acceptors (Lipinski definition) is 3. The first-order valence-electron chi connectivity index (χ1n) is 8.10. The van der Waals surface area contributed by atoms with Gasteiger partial charge in [0.2, 0.25) is 0 Å². The molecule has 5 rings (SSSR count). The van der Waals surface area contributed by atoms with E-state index in [9.17, 15) is 9.59 Å². The van der Waals surface area contributed by atoms with Crippen molar-refractivity contribution in [3.63, 3.8) is 0 Å². The van der Waals surface area contributed by atoms with Crippen molar-refractivity contribution in [2.45, 2.75) is 12.7 Å². The summed E-state index contributed by atoms with van der Waals surface area (Å²) in [6.45, 7) is 0.308. The Morgan fingerprint density at radius 3 is 2.40 bits per heavy atom. The van der Waals surface area contributed by atoms with Gasteiger partial charge in [-0.05, 0) is 30.3 Å². The van der Waals surface area contributed by atoms with Crippen LogP contribution < -0.4 is 4.90 Å². The molecule has 0 saturated heterocycles. The van der Waals surface area contributed by atoms with Gasteiger partial charge in [-0.25, -0.2) is 0 Å². The summed E-state index contributed by atoms with van der Waals surface area (Å²) in [7, 11) is 0. The van der Waals surface area contributed by atoms with Gasteiger partial charge in [-0.3, -0.25) is 14.5 Å². The van der Waals surface area contributed by atoms with Gasteiger partial charge in [0.05, 0.1) is 24.1 Å². The number of benzene rings is 2. The van der Waals surface area contributed by atoms with E-state index < -0.39 is 6.17 Å². The predicted octanol–water partition coefficient (Wildman–Crippen LogP) is 3.59. The molecule has 0 spiro atoms. The molecule has 0 fully saturated rings. The van der Waals surface area contributed by atoms with Crippen LogP contribution in [0, 0.1) is 0 Å².